The first-order valence-electron chi connectivity index (χ1n) is 6.70. The van der Waals surface area contributed by atoms with Crippen LogP contribution >= 0.6 is 11.3 Å². The van der Waals surface area contributed by atoms with Gasteiger partial charge in [-0.15, -0.1) is 11.3 Å². The number of carbonyl (C=O) groups is 1. The Morgan fingerprint density at radius 1 is 1.30 bits per heavy atom. The average Bonchev–Trinajstić information content (AvgIpc) is 2.73. The summed E-state index contributed by atoms with van der Waals surface area (Å²) in [7, 11) is -3.46. The van der Waals surface area contributed by atoms with E-state index in [0.717, 1.165) is 24.2 Å². The van der Waals surface area contributed by atoms with Gasteiger partial charge in [0.15, 0.2) is 15.6 Å². The van der Waals surface area contributed by atoms with Gasteiger partial charge in [0.05, 0.1) is 16.3 Å². The molecule has 0 saturated carbocycles. The first kappa shape index (κ1) is 17.0. The number of anilines is 2. The van der Waals surface area contributed by atoms with E-state index in [1.807, 2.05) is 13.8 Å². The molecule has 0 atom stereocenters. The molecule has 20 heavy (non-hydrogen) atoms. The van der Waals surface area contributed by atoms with E-state index in [0.29, 0.717) is 9.88 Å². The number of Topliss-reactive ketones (excluding diaryl/α,β-unsaturated/α-hetero) is 1. The summed E-state index contributed by atoms with van der Waals surface area (Å²) in [5.74, 6) is -0.249. The highest BCUT2D eigenvalue weighted by atomic mass is 32.2. The van der Waals surface area contributed by atoms with Gasteiger partial charge in [-0.25, -0.2) is 8.42 Å². The van der Waals surface area contributed by atoms with Crippen molar-refractivity contribution >= 4 is 37.6 Å². The van der Waals surface area contributed by atoms with Crippen LogP contribution in [0.5, 0.6) is 0 Å². The number of carbonyl (C=O) groups excluding carboxylic acids is 1. The molecule has 114 valence electrons. The number of hydrogen-bond acceptors (Lipinski definition) is 6. The van der Waals surface area contributed by atoms with Crippen molar-refractivity contribution in [1.29, 1.82) is 0 Å². The van der Waals surface area contributed by atoms with Crippen LogP contribution in [0.15, 0.2) is 4.90 Å². The zero-order chi connectivity index (χ0) is 15.5. The summed E-state index contributed by atoms with van der Waals surface area (Å²) >= 11 is 1.13. The van der Waals surface area contributed by atoms with Gasteiger partial charge in [-0.3, -0.25) is 4.79 Å². The Morgan fingerprint density at radius 3 is 2.25 bits per heavy atom. The third-order valence-electron chi connectivity index (χ3n) is 3.23. The van der Waals surface area contributed by atoms with Gasteiger partial charge in [0, 0.05) is 13.0 Å². The summed E-state index contributed by atoms with van der Waals surface area (Å²) in [6.45, 7) is 7.02. The van der Waals surface area contributed by atoms with Crippen LogP contribution in [0.3, 0.4) is 0 Å². The van der Waals surface area contributed by atoms with Crippen molar-refractivity contribution in [2.24, 2.45) is 0 Å². The van der Waals surface area contributed by atoms with E-state index in [-0.39, 0.29) is 28.2 Å². The SMILES string of the molecule is CCC(CC)Nc1sc(C(C)=O)c(N)c1S(=O)(=O)CC. The monoisotopic (exact) mass is 318 g/mol. The first-order chi connectivity index (χ1) is 9.28. The minimum Gasteiger partial charge on any atom is -0.396 e. The molecule has 0 spiro atoms. The maximum Gasteiger partial charge on any atom is 0.183 e. The largest absolute Gasteiger partial charge is 0.396 e. The molecule has 5 nitrogen and oxygen atoms in total. The number of nitrogens with one attached hydrogen (secondary N) is 1. The molecule has 0 aliphatic rings. The Balaban J connectivity index is 3.42. The Kier molecular flexibility index (Phi) is 5.59. The van der Waals surface area contributed by atoms with E-state index >= 15 is 0 Å². The van der Waals surface area contributed by atoms with E-state index in [9.17, 15) is 13.2 Å². The van der Waals surface area contributed by atoms with Crippen molar-refractivity contribution in [1.82, 2.24) is 0 Å². The maximum atomic E-state index is 12.2. The van der Waals surface area contributed by atoms with Crippen LogP contribution in [0.4, 0.5) is 10.7 Å². The van der Waals surface area contributed by atoms with Crippen LogP contribution in [0, 0.1) is 0 Å². The molecule has 0 unspecified atom stereocenters. The maximum absolute atomic E-state index is 12.2. The molecule has 0 radical (unpaired) electrons. The summed E-state index contributed by atoms with van der Waals surface area (Å²) < 4.78 is 24.4. The normalized spacial score (nSPS) is 11.8. The van der Waals surface area contributed by atoms with Crippen molar-refractivity contribution in [2.75, 3.05) is 16.8 Å². The van der Waals surface area contributed by atoms with Gasteiger partial charge < -0.3 is 11.1 Å². The predicted molar refractivity (Wildman–Crippen MR) is 84.5 cm³/mol. The molecular weight excluding hydrogens is 296 g/mol. The van der Waals surface area contributed by atoms with Gasteiger partial charge in [0.2, 0.25) is 0 Å². The van der Waals surface area contributed by atoms with Crippen molar-refractivity contribution < 1.29 is 13.2 Å². The first-order valence-corrected chi connectivity index (χ1v) is 9.17. The fourth-order valence-corrected chi connectivity index (χ4v) is 4.54. The van der Waals surface area contributed by atoms with Crippen molar-refractivity contribution in [3.63, 3.8) is 0 Å². The number of nitrogens with two attached hydrogens (primary N) is 1. The lowest BCUT2D eigenvalue weighted by molar-refractivity contribution is 0.102. The second kappa shape index (κ2) is 6.58. The molecule has 0 fully saturated rings. The molecule has 3 N–H and O–H groups in total. The Bertz CT molecular complexity index is 587. The lowest BCUT2D eigenvalue weighted by Crippen LogP contribution is -2.18. The van der Waals surface area contributed by atoms with E-state index in [4.69, 9.17) is 5.73 Å². The number of ketones is 1. The van der Waals surface area contributed by atoms with Crippen molar-refractivity contribution in [2.45, 2.75) is 51.5 Å². The van der Waals surface area contributed by atoms with Crippen LogP contribution in [-0.2, 0) is 9.84 Å². The molecule has 1 heterocycles. The van der Waals surface area contributed by atoms with Gasteiger partial charge in [-0.2, -0.15) is 0 Å². The number of nitrogen functional groups attached to an aromatic ring is 1. The highest BCUT2D eigenvalue weighted by Crippen LogP contribution is 2.40. The molecular formula is C13H22N2O3S2. The van der Waals surface area contributed by atoms with Crippen molar-refractivity contribution in [3.05, 3.63) is 4.88 Å². The van der Waals surface area contributed by atoms with Crippen LogP contribution in [0.1, 0.15) is 50.2 Å². The Labute approximate surface area is 124 Å². The quantitative estimate of drug-likeness (QED) is 0.754. The zero-order valence-corrected chi connectivity index (χ0v) is 14.0. The lowest BCUT2D eigenvalue weighted by atomic mass is 10.2. The third kappa shape index (κ3) is 3.32. The topological polar surface area (TPSA) is 89.3 Å². The molecule has 0 bridgehead atoms. The lowest BCUT2D eigenvalue weighted by Gasteiger charge is -2.16. The molecule has 7 heteroatoms. The summed E-state index contributed by atoms with van der Waals surface area (Å²) in [5.41, 5.74) is 5.98. The van der Waals surface area contributed by atoms with Crippen LogP contribution in [0.2, 0.25) is 0 Å². The minimum atomic E-state index is -3.46. The van der Waals surface area contributed by atoms with Crippen LogP contribution < -0.4 is 11.1 Å². The van der Waals surface area contributed by atoms with E-state index in [2.05, 4.69) is 5.32 Å². The molecule has 0 aliphatic heterocycles. The molecule has 0 aliphatic carbocycles. The molecule has 1 rings (SSSR count). The number of sulfone groups is 1. The molecule has 0 saturated heterocycles. The summed E-state index contributed by atoms with van der Waals surface area (Å²) in [5, 5.41) is 3.70. The van der Waals surface area contributed by atoms with Gasteiger partial charge in [-0.05, 0) is 12.8 Å². The van der Waals surface area contributed by atoms with Crippen LogP contribution in [0.25, 0.3) is 0 Å². The van der Waals surface area contributed by atoms with E-state index in [1.54, 1.807) is 6.92 Å². The van der Waals surface area contributed by atoms with E-state index < -0.39 is 9.84 Å². The predicted octanol–water partition coefficient (Wildman–Crippen LogP) is 2.93. The second-order valence-corrected chi connectivity index (χ2v) is 7.86. The fourth-order valence-electron chi connectivity index (χ4n) is 1.92. The smallest absolute Gasteiger partial charge is 0.183 e. The Hall–Kier alpha value is -1.08. The number of thiophene rings is 1. The number of rotatable bonds is 7. The summed E-state index contributed by atoms with van der Waals surface area (Å²) in [6.07, 6.45) is 1.74. The van der Waals surface area contributed by atoms with Gasteiger partial charge in [-0.1, -0.05) is 20.8 Å². The average molecular weight is 318 g/mol. The van der Waals surface area contributed by atoms with Gasteiger partial charge in [0.25, 0.3) is 0 Å². The fraction of sp³-hybridized carbons (Fsp3) is 0.615. The Morgan fingerprint density at radius 2 is 1.85 bits per heavy atom. The zero-order valence-electron chi connectivity index (χ0n) is 12.3. The molecule has 0 amide bonds. The van der Waals surface area contributed by atoms with Crippen LogP contribution in [-0.4, -0.2) is 26.0 Å². The van der Waals surface area contributed by atoms with E-state index in [1.165, 1.54) is 6.92 Å². The molecule has 1 aromatic rings. The standard InChI is InChI=1S/C13H22N2O3S2/c1-5-9(6-2)15-13-12(20(17,18)7-3)10(14)11(19-13)8(4)16/h9,15H,5-7,14H2,1-4H3. The highest BCUT2D eigenvalue weighted by molar-refractivity contribution is 7.91. The second-order valence-electron chi connectivity index (χ2n) is 4.62. The summed E-state index contributed by atoms with van der Waals surface area (Å²) in [6, 6.07) is 0.165. The van der Waals surface area contributed by atoms with Gasteiger partial charge in [0.1, 0.15) is 9.90 Å². The number of hydrogen-bond donors (Lipinski definition) is 2. The summed E-state index contributed by atoms with van der Waals surface area (Å²) in [4.78, 5) is 12.0. The van der Waals surface area contributed by atoms with Crippen molar-refractivity contribution in [3.8, 4) is 0 Å². The molecule has 1 aromatic heterocycles. The minimum absolute atomic E-state index is 0.0388. The highest BCUT2D eigenvalue weighted by Gasteiger charge is 2.28. The third-order valence-corrected chi connectivity index (χ3v) is 6.40. The van der Waals surface area contributed by atoms with Gasteiger partial charge >= 0.3 is 0 Å². The molecule has 0 aromatic carbocycles.